The predicted molar refractivity (Wildman–Crippen MR) is 67.3 cm³/mol. The van der Waals surface area contributed by atoms with E-state index in [1.165, 1.54) is 0 Å². The molecule has 0 bridgehead atoms. The maximum Gasteiger partial charge on any atom is 0.187 e. The first kappa shape index (κ1) is 11.1. The van der Waals surface area contributed by atoms with E-state index in [0.717, 1.165) is 30.9 Å². The molecule has 0 unspecified atom stereocenters. The second-order valence-corrected chi connectivity index (χ2v) is 4.92. The summed E-state index contributed by atoms with van der Waals surface area (Å²) in [6.07, 6.45) is 0.874. The van der Waals surface area contributed by atoms with Crippen LogP contribution in [0, 0.1) is 0 Å². The van der Waals surface area contributed by atoms with Crippen LogP contribution in [0.25, 0.3) is 0 Å². The summed E-state index contributed by atoms with van der Waals surface area (Å²) >= 11 is 6.00. The zero-order valence-corrected chi connectivity index (χ0v) is 10.2. The Hall–Kier alpha value is -0.970. The highest BCUT2D eigenvalue weighted by molar-refractivity contribution is 6.31. The molecule has 2 aliphatic heterocycles. The molecule has 0 aliphatic carbocycles. The molecule has 2 N–H and O–H groups in total. The lowest BCUT2D eigenvalue weighted by atomic mass is 10.2. The number of ether oxygens (including phenoxy) is 2. The molecule has 2 aliphatic rings. The molecule has 1 aromatic carbocycles. The van der Waals surface area contributed by atoms with Crippen molar-refractivity contribution in [2.45, 2.75) is 12.2 Å². The van der Waals surface area contributed by atoms with E-state index in [0.29, 0.717) is 18.2 Å². The lowest BCUT2D eigenvalue weighted by Gasteiger charge is -2.24. The summed E-state index contributed by atoms with van der Waals surface area (Å²) in [4.78, 5) is 2.17. The SMILES string of the molecule is Nc1ccc(Cl)cc1N1CCC2(C1)OCCO2. The Morgan fingerprint density at radius 3 is 2.82 bits per heavy atom. The molecule has 0 aromatic heterocycles. The van der Waals surface area contributed by atoms with Crippen molar-refractivity contribution in [3.63, 3.8) is 0 Å². The van der Waals surface area contributed by atoms with Crippen molar-refractivity contribution in [3.05, 3.63) is 23.2 Å². The maximum absolute atomic E-state index is 6.00. The van der Waals surface area contributed by atoms with E-state index >= 15 is 0 Å². The highest BCUT2D eigenvalue weighted by Crippen LogP contribution is 2.36. The first-order valence-electron chi connectivity index (χ1n) is 5.76. The molecule has 0 amide bonds. The number of nitrogens with two attached hydrogens (primary N) is 1. The molecular weight excluding hydrogens is 240 g/mol. The smallest absolute Gasteiger partial charge is 0.187 e. The highest BCUT2D eigenvalue weighted by Gasteiger charge is 2.43. The molecule has 5 heteroatoms. The van der Waals surface area contributed by atoms with Crippen molar-refractivity contribution in [2.24, 2.45) is 0 Å². The van der Waals surface area contributed by atoms with Crippen LogP contribution < -0.4 is 10.6 Å². The Bertz CT molecular complexity index is 433. The molecule has 2 fully saturated rings. The molecule has 2 saturated heterocycles. The zero-order valence-electron chi connectivity index (χ0n) is 9.49. The summed E-state index contributed by atoms with van der Waals surface area (Å²) in [7, 11) is 0. The van der Waals surface area contributed by atoms with Gasteiger partial charge >= 0.3 is 0 Å². The van der Waals surface area contributed by atoms with Gasteiger partial charge in [-0.2, -0.15) is 0 Å². The average molecular weight is 255 g/mol. The number of benzene rings is 1. The van der Waals surface area contributed by atoms with Gasteiger partial charge in [0.15, 0.2) is 5.79 Å². The first-order chi connectivity index (χ1) is 8.19. The van der Waals surface area contributed by atoms with Gasteiger partial charge in [0, 0.05) is 18.0 Å². The third-order valence-electron chi connectivity index (χ3n) is 3.34. The molecule has 0 saturated carbocycles. The largest absolute Gasteiger partial charge is 0.397 e. The van der Waals surface area contributed by atoms with Gasteiger partial charge in [-0.3, -0.25) is 0 Å². The number of anilines is 2. The van der Waals surface area contributed by atoms with Gasteiger partial charge in [-0.25, -0.2) is 0 Å². The topological polar surface area (TPSA) is 47.7 Å². The molecule has 0 atom stereocenters. The van der Waals surface area contributed by atoms with Gasteiger partial charge in [-0.1, -0.05) is 11.6 Å². The summed E-state index contributed by atoms with van der Waals surface area (Å²) in [6.45, 7) is 2.96. The summed E-state index contributed by atoms with van der Waals surface area (Å²) in [5.41, 5.74) is 7.68. The fourth-order valence-corrected chi connectivity index (χ4v) is 2.65. The predicted octanol–water partition coefficient (Wildman–Crippen LogP) is 1.88. The van der Waals surface area contributed by atoms with E-state index in [2.05, 4.69) is 4.90 Å². The number of rotatable bonds is 1. The van der Waals surface area contributed by atoms with Crippen molar-refractivity contribution in [2.75, 3.05) is 36.9 Å². The van der Waals surface area contributed by atoms with E-state index < -0.39 is 5.79 Å². The third-order valence-corrected chi connectivity index (χ3v) is 3.58. The minimum atomic E-state index is -0.422. The third kappa shape index (κ3) is 1.97. The lowest BCUT2D eigenvalue weighted by molar-refractivity contribution is -0.137. The van der Waals surface area contributed by atoms with Crippen LogP contribution >= 0.6 is 11.6 Å². The molecular formula is C12H15ClN2O2. The minimum Gasteiger partial charge on any atom is -0.397 e. The van der Waals surface area contributed by atoms with Crippen LogP contribution in [-0.4, -0.2) is 32.1 Å². The number of halogens is 1. The molecule has 1 spiro atoms. The van der Waals surface area contributed by atoms with Crippen molar-refractivity contribution in [1.82, 2.24) is 0 Å². The zero-order chi connectivity index (χ0) is 11.9. The number of hydrogen-bond donors (Lipinski definition) is 1. The van der Waals surface area contributed by atoms with E-state index in [1.807, 2.05) is 12.1 Å². The Balaban J connectivity index is 1.84. The maximum atomic E-state index is 6.00. The van der Waals surface area contributed by atoms with Gasteiger partial charge in [0.05, 0.1) is 31.1 Å². The van der Waals surface area contributed by atoms with Gasteiger partial charge in [-0.05, 0) is 18.2 Å². The summed E-state index contributed by atoms with van der Waals surface area (Å²) in [5, 5.41) is 0.698. The summed E-state index contributed by atoms with van der Waals surface area (Å²) in [5.74, 6) is -0.422. The molecule has 0 radical (unpaired) electrons. The second kappa shape index (κ2) is 4.05. The van der Waals surface area contributed by atoms with Crippen molar-refractivity contribution < 1.29 is 9.47 Å². The summed E-state index contributed by atoms with van der Waals surface area (Å²) < 4.78 is 11.4. The Kier molecular flexibility index (Phi) is 2.65. The normalized spacial score (nSPS) is 22.5. The van der Waals surface area contributed by atoms with E-state index in [4.69, 9.17) is 26.8 Å². The van der Waals surface area contributed by atoms with Gasteiger partial charge in [0.1, 0.15) is 0 Å². The minimum absolute atomic E-state index is 0.422. The monoisotopic (exact) mass is 254 g/mol. The fourth-order valence-electron chi connectivity index (χ4n) is 2.48. The highest BCUT2D eigenvalue weighted by atomic mass is 35.5. The number of nitrogens with zero attached hydrogens (tertiary/aromatic N) is 1. The van der Waals surface area contributed by atoms with Crippen LogP contribution in [0.1, 0.15) is 6.42 Å². The standard InChI is InChI=1S/C12H15ClN2O2/c13-9-1-2-10(14)11(7-9)15-4-3-12(8-15)16-5-6-17-12/h1-2,7H,3-6,8,14H2. The Labute approximate surface area is 105 Å². The van der Waals surface area contributed by atoms with Gasteiger partial charge < -0.3 is 20.1 Å². The second-order valence-electron chi connectivity index (χ2n) is 4.48. The molecule has 3 rings (SSSR count). The lowest BCUT2D eigenvalue weighted by Crippen LogP contribution is -2.34. The molecule has 17 heavy (non-hydrogen) atoms. The van der Waals surface area contributed by atoms with Gasteiger partial charge in [-0.15, -0.1) is 0 Å². The number of hydrogen-bond acceptors (Lipinski definition) is 4. The van der Waals surface area contributed by atoms with Crippen LogP contribution in [0.5, 0.6) is 0 Å². The average Bonchev–Trinajstić information content (AvgIpc) is 2.94. The van der Waals surface area contributed by atoms with Crippen LogP contribution in [0.2, 0.25) is 5.02 Å². The summed E-state index contributed by atoms with van der Waals surface area (Å²) in [6, 6.07) is 5.53. The quantitative estimate of drug-likeness (QED) is 0.778. The Morgan fingerprint density at radius 1 is 1.29 bits per heavy atom. The van der Waals surface area contributed by atoms with Crippen molar-refractivity contribution >= 4 is 23.0 Å². The van der Waals surface area contributed by atoms with E-state index in [9.17, 15) is 0 Å². The van der Waals surface area contributed by atoms with Crippen LogP contribution in [0.4, 0.5) is 11.4 Å². The van der Waals surface area contributed by atoms with Gasteiger partial charge in [0.2, 0.25) is 0 Å². The fraction of sp³-hybridized carbons (Fsp3) is 0.500. The van der Waals surface area contributed by atoms with Crippen LogP contribution in [0.3, 0.4) is 0 Å². The Morgan fingerprint density at radius 2 is 2.06 bits per heavy atom. The molecule has 2 heterocycles. The molecule has 1 aromatic rings. The first-order valence-corrected chi connectivity index (χ1v) is 6.14. The van der Waals surface area contributed by atoms with E-state index in [-0.39, 0.29) is 0 Å². The van der Waals surface area contributed by atoms with Crippen LogP contribution in [0.15, 0.2) is 18.2 Å². The molecule has 4 nitrogen and oxygen atoms in total. The van der Waals surface area contributed by atoms with Gasteiger partial charge in [0.25, 0.3) is 0 Å². The molecule has 92 valence electrons. The van der Waals surface area contributed by atoms with Crippen molar-refractivity contribution in [1.29, 1.82) is 0 Å². The van der Waals surface area contributed by atoms with Crippen molar-refractivity contribution in [3.8, 4) is 0 Å². The van der Waals surface area contributed by atoms with E-state index in [1.54, 1.807) is 6.07 Å². The number of nitrogen functional groups attached to an aromatic ring is 1. The van der Waals surface area contributed by atoms with Crippen LogP contribution in [-0.2, 0) is 9.47 Å².